The third-order valence-electron chi connectivity index (χ3n) is 3.28. The standard InChI is InChI=1S/C15H12FNO/c1-17-9-10-8-11(16)6-7-12(10)15(18)13-4-2-3-5-14(13)17/h2-8H,9H2,1H3. The van der Waals surface area contributed by atoms with E-state index in [1.807, 2.05) is 36.2 Å². The predicted molar refractivity (Wildman–Crippen MR) is 68.4 cm³/mol. The number of halogens is 1. The minimum Gasteiger partial charge on any atom is -0.370 e. The largest absolute Gasteiger partial charge is 0.370 e. The van der Waals surface area contributed by atoms with E-state index in [0.29, 0.717) is 17.7 Å². The average molecular weight is 241 g/mol. The number of fused-ring (bicyclic) bond motifs is 2. The highest BCUT2D eigenvalue weighted by Gasteiger charge is 2.23. The minimum absolute atomic E-state index is 0.0371. The van der Waals surface area contributed by atoms with Crippen LogP contribution in [0.1, 0.15) is 21.5 Å². The van der Waals surface area contributed by atoms with Crippen molar-refractivity contribution < 1.29 is 9.18 Å². The fraction of sp³-hybridized carbons (Fsp3) is 0.133. The number of carbonyl (C=O) groups excluding carboxylic acids is 1. The summed E-state index contributed by atoms with van der Waals surface area (Å²) in [6.45, 7) is 0.538. The number of carbonyl (C=O) groups is 1. The van der Waals surface area contributed by atoms with Gasteiger partial charge in [-0.05, 0) is 35.9 Å². The zero-order chi connectivity index (χ0) is 12.7. The van der Waals surface area contributed by atoms with Crippen molar-refractivity contribution >= 4 is 11.5 Å². The van der Waals surface area contributed by atoms with Crippen molar-refractivity contribution in [2.75, 3.05) is 11.9 Å². The number of para-hydroxylation sites is 1. The highest BCUT2D eigenvalue weighted by Crippen LogP contribution is 2.29. The molecule has 3 heteroatoms. The van der Waals surface area contributed by atoms with Gasteiger partial charge < -0.3 is 4.90 Å². The van der Waals surface area contributed by atoms with Gasteiger partial charge in [-0.3, -0.25) is 4.79 Å². The molecule has 0 saturated carbocycles. The average Bonchev–Trinajstić information content (AvgIpc) is 2.47. The summed E-state index contributed by atoms with van der Waals surface area (Å²) in [5.74, 6) is -0.342. The lowest BCUT2D eigenvalue weighted by atomic mass is 9.99. The van der Waals surface area contributed by atoms with Gasteiger partial charge in [0.05, 0.1) is 0 Å². The first-order valence-corrected chi connectivity index (χ1v) is 5.80. The summed E-state index contributed by atoms with van der Waals surface area (Å²) in [5, 5.41) is 0. The Balaban J connectivity index is 2.25. The molecule has 0 aromatic heterocycles. The highest BCUT2D eigenvalue weighted by molar-refractivity contribution is 6.13. The second-order valence-electron chi connectivity index (χ2n) is 4.50. The van der Waals surface area contributed by atoms with E-state index >= 15 is 0 Å². The Labute approximate surface area is 105 Å². The number of benzene rings is 2. The van der Waals surface area contributed by atoms with E-state index in [1.54, 1.807) is 6.07 Å². The smallest absolute Gasteiger partial charge is 0.195 e. The molecule has 2 nitrogen and oxygen atoms in total. The second-order valence-corrected chi connectivity index (χ2v) is 4.50. The Hall–Kier alpha value is -2.16. The number of ketones is 1. The van der Waals surface area contributed by atoms with E-state index in [4.69, 9.17) is 0 Å². The molecule has 0 spiro atoms. The third kappa shape index (κ3) is 1.59. The van der Waals surface area contributed by atoms with Gasteiger partial charge in [-0.15, -0.1) is 0 Å². The molecule has 1 heterocycles. The topological polar surface area (TPSA) is 20.3 Å². The molecule has 0 amide bonds. The van der Waals surface area contributed by atoms with Crippen LogP contribution >= 0.6 is 0 Å². The molecule has 1 aliphatic rings. The van der Waals surface area contributed by atoms with Gasteiger partial charge in [0.1, 0.15) is 5.82 Å². The first-order chi connectivity index (χ1) is 8.66. The van der Waals surface area contributed by atoms with Crippen molar-refractivity contribution in [3.8, 4) is 0 Å². The molecule has 0 aliphatic carbocycles. The van der Waals surface area contributed by atoms with Crippen LogP contribution in [-0.2, 0) is 6.54 Å². The van der Waals surface area contributed by atoms with E-state index in [-0.39, 0.29) is 11.6 Å². The first-order valence-electron chi connectivity index (χ1n) is 5.80. The van der Waals surface area contributed by atoms with Gasteiger partial charge in [0.25, 0.3) is 0 Å². The molecule has 2 aromatic carbocycles. The van der Waals surface area contributed by atoms with Crippen LogP contribution in [-0.4, -0.2) is 12.8 Å². The molecule has 3 rings (SSSR count). The normalized spacial score (nSPS) is 13.9. The van der Waals surface area contributed by atoms with Gasteiger partial charge in [-0.25, -0.2) is 4.39 Å². The Bertz CT molecular complexity index is 636. The highest BCUT2D eigenvalue weighted by atomic mass is 19.1. The zero-order valence-corrected chi connectivity index (χ0v) is 9.98. The first kappa shape index (κ1) is 11.0. The van der Waals surface area contributed by atoms with Gasteiger partial charge in [0.15, 0.2) is 5.78 Å². The number of anilines is 1. The Kier molecular flexibility index (Phi) is 2.40. The summed E-state index contributed by atoms with van der Waals surface area (Å²) >= 11 is 0. The van der Waals surface area contributed by atoms with E-state index < -0.39 is 0 Å². The molecule has 0 fully saturated rings. The molecule has 90 valence electrons. The van der Waals surface area contributed by atoms with Gasteiger partial charge in [0, 0.05) is 30.4 Å². The summed E-state index contributed by atoms with van der Waals surface area (Å²) in [4.78, 5) is 14.4. The predicted octanol–water partition coefficient (Wildman–Crippen LogP) is 3.01. The Morgan fingerprint density at radius 3 is 2.72 bits per heavy atom. The van der Waals surface area contributed by atoms with Crippen molar-refractivity contribution in [1.29, 1.82) is 0 Å². The fourth-order valence-electron chi connectivity index (χ4n) is 2.40. The van der Waals surface area contributed by atoms with Crippen molar-refractivity contribution in [3.63, 3.8) is 0 Å². The lowest BCUT2D eigenvalue weighted by molar-refractivity contribution is 0.103. The number of nitrogens with zero attached hydrogens (tertiary/aromatic N) is 1. The van der Waals surface area contributed by atoms with Gasteiger partial charge in [0.2, 0.25) is 0 Å². The quantitative estimate of drug-likeness (QED) is 0.706. The maximum atomic E-state index is 13.3. The van der Waals surface area contributed by atoms with Crippen molar-refractivity contribution in [1.82, 2.24) is 0 Å². The van der Waals surface area contributed by atoms with Crippen LogP contribution in [0.25, 0.3) is 0 Å². The van der Waals surface area contributed by atoms with Crippen LogP contribution in [0.15, 0.2) is 42.5 Å². The lowest BCUT2D eigenvalue weighted by Crippen LogP contribution is -2.16. The lowest BCUT2D eigenvalue weighted by Gasteiger charge is -2.18. The van der Waals surface area contributed by atoms with Crippen LogP contribution in [0.5, 0.6) is 0 Å². The van der Waals surface area contributed by atoms with Crippen LogP contribution < -0.4 is 4.90 Å². The molecule has 0 bridgehead atoms. The van der Waals surface area contributed by atoms with Crippen molar-refractivity contribution in [3.05, 3.63) is 65.0 Å². The second kappa shape index (κ2) is 3.95. The van der Waals surface area contributed by atoms with E-state index in [9.17, 15) is 9.18 Å². The summed E-state index contributed by atoms with van der Waals surface area (Å²) < 4.78 is 13.3. The van der Waals surface area contributed by atoms with E-state index in [1.165, 1.54) is 12.1 Å². The molecule has 0 unspecified atom stereocenters. The fourth-order valence-corrected chi connectivity index (χ4v) is 2.40. The van der Waals surface area contributed by atoms with Gasteiger partial charge in [-0.2, -0.15) is 0 Å². The van der Waals surface area contributed by atoms with Crippen LogP contribution in [0.3, 0.4) is 0 Å². The molecule has 0 atom stereocenters. The number of hydrogen-bond donors (Lipinski definition) is 0. The molecule has 0 saturated heterocycles. The van der Waals surface area contributed by atoms with Crippen molar-refractivity contribution in [2.24, 2.45) is 0 Å². The third-order valence-corrected chi connectivity index (χ3v) is 3.28. The van der Waals surface area contributed by atoms with E-state index in [2.05, 4.69) is 0 Å². The Morgan fingerprint density at radius 1 is 1.11 bits per heavy atom. The van der Waals surface area contributed by atoms with Gasteiger partial charge >= 0.3 is 0 Å². The molecular formula is C15H12FNO. The molecule has 0 radical (unpaired) electrons. The van der Waals surface area contributed by atoms with Crippen LogP contribution in [0.2, 0.25) is 0 Å². The summed E-state index contributed by atoms with van der Waals surface area (Å²) in [6, 6.07) is 11.8. The summed E-state index contributed by atoms with van der Waals surface area (Å²) in [6.07, 6.45) is 0. The maximum Gasteiger partial charge on any atom is 0.195 e. The minimum atomic E-state index is -0.305. The number of hydrogen-bond acceptors (Lipinski definition) is 2. The SMILES string of the molecule is CN1Cc2cc(F)ccc2C(=O)c2ccccc21. The number of rotatable bonds is 0. The van der Waals surface area contributed by atoms with E-state index in [0.717, 1.165) is 11.3 Å². The molecule has 2 aromatic rings. The monoisotopic (exact) mass is 241 g/mol. The molecular weight excluding hydrogens is 229 g/mol. The summed E-state index contributed by atoms with van der Waals surface area (Å²) in [7, 11) is 1.91. The van der Waals surface area contributed by atoms with Gasteiger partial charge in [-0.1, -0.05) is 12.1 Å². The molecule has 18 heavy (non-hydrogen) atoms. The molecule has 0 N–H and O–H groups in total. The summed E-state index contributed by atoms with van der Waals surface area (Å²) in [5.41, 5.74) is 2.89. The maximum absolute atomic E-state index is 13.3. The van der Waals surface area contributed by atoms with Crippen LogP contribution in [0.4, 0.5) is 10.1 Å². The van der Waals surface area contributed by atoms with Crippen LogP contribution in [0, 0.1) is 5.82 Å². The zero-order valence-electron chi connectivity index (χ0n) is 9.98. The molecule has 1 aliphatic heterocycles. The van der Waals surface area contributed by atoms with Crippen molar-refractivity contribution in [2.45, 2.75) is 6.54 Å². The Morgan fingerprint density at radius 2 is 1.89 bits per heavy atom.